The fourth-order valence-electron chi connectivity index (χ4n) is 2.03. The highest BCUT2D eigenvalue weighted by Gasteiger charge is 1.98. The van der Waals surface area contributed by atoms with Crippen LogP contribution in [0.15, 0.2) is 6.33 Å². The number of hydrogen-bond acceptors (Lipinski definition) is 3. The van der Waals surface area contributed by atoms with E-state index in [1.807, 2.05) is 4.57 Å². The number of rotatable bonds is 10. The van der Waals surface area contributed by atoms with Crippen molar-refractivity contribution >= 4 is 5.95 Å². The molecule has 0 aromatic carbocycles. The summed E-state index contributed by atoms with van der Waals surface area (Å²) in [4.78, 5) is 0. The summed E-state index contributed by atoms with van der Waals surface area (Å²) in [6, 6.07) is 0. The summed E-state index contributed by atoms with van der Waals surface area (Å²) in [5.41, 5.74) is 5.64. The molecule has 98 valence electrons. The van der Waals surface area contributed by atoms with E-state index in [9.17, 15) is 0 Å². The van der Waals surface area contributed by atoms with Gasteiger partial charge in [0.15, 0.2) is 0 Å². The van der Waals surface area contributed by atoms with E-state index in [1.54, 1.807) is 6.33 Å². The molecule has 17 heavy (non-hydrogen) atoms. The summed E-state index contributed by atoms with van der Waals surface area (Å²) in [6.45, 7) is 3.21. The number of unbranched alkanes of at least 4 members (excludes halogenated alkanes) is 8. The lowest BCUT2D eigenvalue weighted by Gasteiger charge is -2.03. The minimum absolute atomic E-state index is 0.532. The Morgan fingerprint density at radius 3 is 2.12 bits per heavy atom. The fourth-order valence-corrected chi connectivity index (χ4v) is 2.03. The topological polar surface area (TPSA) is 56.7 Å². The van der Waals surface area contributed by atoms with Gasteiger partial charge in [0.1, 0.15) is 6.33 Å². The molecule has 0 atom stereocenters. The third kappa shape index (κ3) is 6.29. The maximum absolute atomic E-state index is 5.64. The van der Waals surface area contributed by atoms with Gasteiger partial charge in [0.05, 0.1) is 0 Å². The van der Waals surface area contributed by atoms with Gasteiger partial charge in [-0.15, -0.1) is 10.2 Å². The Morgan fingerprint density at radius 2 is 1.59 bits per heavy atom. The number of aromatic nitrogens is 3. The number of aryl methyl sites for hydroxylation is 1. The van der Waals surface area contributed by atoms with E-state index in [0.29, 0.717) is 5.95 Å². The van der Waals surface area contributed by atoms with Gasteiger partial charge in [0.25, 0.3) is 0 Å². The third-order valence-corrected chi connectivity index (χ3v) is 3.15. The molecule has 0 fully saturated rings. The summed E-state index contributed by atoms with van der Waals surface area (Å²) in [5, 5.41) is 7.53. The van der Waals surface area contributed by atoms with Crippen molar-refractivity contribution in [3.05, 3.63) is 6.33 Å². The summed E-state index contributed by atoms with van der Waals surface area (Å²) >= 11 is 0. The number of anilines is 1. The summed E-state index contributed by atoms with van der Waals surface area (Å²) in [5.74, 6) is 0.532. The number of nitrogen functional groups attached to an aromatic ring is 1. The van der Waals surface area contributed by atoms with Crippen molar-refractivity contribution in [1.29, 1.82) is 0 Å². The molecule has 1 aromatic heterocycles. The molecule has 1 aromatic rings. The Hall–Kier alpha value is -1.06. The fraction of sp³-hybridized carbons (Fsp3) is 0.846. The first-order chi connectivity index (χ1) is 8.34. The first kappa shape index (κ1) is 14.0. The number of hydrogen-bond donors (Lipinski definition) is 1. The van der Waals surface area contributed by atoms with Gasteiger partial charge in [-0.3, -0.25) is 0 Å². The zero-order chi connectivity index (χ0) is 12.3. The molecule has 4 heteroatoms. The second-order valence-corrected chi connectivity index (χ2v) is 4.71. The molecule has 0 aliphatic carbocycles. The predicted molar refractivity (Wildman–Crippen MR) is 71.7 cm³/mol. The Kier molecular flexibility index (Phi) is 7.43. The van der Waals surface area contributed by atoms with Crippen molar-refractivity contribution in [2.75, 3.05) is 5.73 Å². The van der Waals surface area contributed by atoms with Crippen molar-refractivity contribution in [3.8, 4) is 0 Å². The molecule has 2 N–H and O–H groups in total. The lowest BCUT2D eigenvalue weighted by Crippen LogP contribution is -2.02. The summed E-state index contributed by atoms with van der Waals surface area (Å²) < 4.78 is 1.92. The monoisotopic (exact) mass is 238 g/mol. The molecule has 0 radical (unpaired) electrons. The van der Waals surface area contributed by atoms with Gasteiger partial charge in [-0.1, -0.05) is 58.3 Å². The van der Waals surface area contributed by atoms with Crippen molar-refractivity contribution in [3.63, 3.8) is 0 Å². The van der Waals surface area contributed by atoms with E-state index in [-0.39, 0.29) is 0 Å². The van der Waals surface area contributed by atoms with Gasteiger partial charge in [0, 0.05) is 6.54 Å². The van der Waals surface area contributed by atoms with E-state index in [0.717, 1.165) is 6.54 Å². The predicted octanol–water partition coefficient (Wildman–Crippen LogP) is 3.39. The van der Waals surface area contributed by atoms with Crippen LogP contribution in [0, 0.1) is 0 Å². The molecule has 0 amide bonds. The highest BCUT2D eigenvalue weighted by atomic mass is 15.3. The Balaban J connectivity index is 1.86. The lowest BCUT2D eigenvalue weighted by molar-refractivity contribution is 0.540. The second-order valence-electron chi connectivity index (χ2n) is 4.71. The van der Waals surface area contributed by atoms with Crippen LogP contribution in [0.5, 0.6) is 0 Å². The van der Waals surface area contributed by atoms with Crippen LogP contribution in [-0.4, -0.2) is 14.8 Å². The van der Waals surface area contributed by atoms with Crippen LogP contribution in [-0.2, 0) is 6.54 Å². The van der Waals surface area contributed by atoms with E-state index >= 15 is 0 Å². The maximum Gasteiger partial charge on any atom is 0.221 e. The smallest absolute Gasteiger partial charge is 0.221 e. The van der Waals surface area contributed by atoms with Gasteiger partial charge in [-0.2, -0.15) is 0 Å². The van der Waals surface area contributed by atoms with Crippen molar-refractivity contribution in [2.24, 2.45) is 0 Å². The van der Waals surface area contributed by atoms with E-state index in [4.69, 9.17) is 5.73 Å². The van der Waals surface area contributed by atoms with Crippen molar-refractivity contribution in [1.82, 2.24) is 14.8 Å². The lowest BCUT2D eigenvalue weighted by atomic mass is 10.1. The van der Waals surface area contributed by atoms with E-state index in [1.165, 1.54) is 57.8 Å². The largest absolute Gasteiger partial charge is 0.368 e. The Morgan fingerprint density at radius 1 is 1.00 bits per heavy atom. The number of nitrogens with zero attached hydrogens (tertiary/aromatic N) is 3. The zero-order valence-corrected chi connectivity index (χ0v) is 11.1. The molecule has 1 rings (SSSR count). The highest BCUT2D eigenvalue weighted by molar-refractivity contribution is 5.12. The molecule has 0 aliphatic rings. The SMILES string of the molecule is CCCCCCCCCCCn1cnnc1N. The van der Waals surface area contributed by atoms with Crippen molar-refractivity contribution in [2.45, 2.75) is 71.3 Å². The summed E-state index contributed by atoms with van der Waals surface area (Å²) in [7, 11) is 0. The average molecular weight is 238 g/mol. The standard InChI is InChI=1S/C13H26N4/c1-2-3-4-5-6-7-8-9-10-11-17-12-15-16-13(17)14/h12H,2-11H2,1H3,(H2,14,16). The maximum atomic E-state index is 5.64. The molecule has 4 nitrogen and oxygen atoms in total. The minimum Gasteiger partial charge on any atom is -0.368 e. The van der Waals surface area contributed by atoms with Gasteiger partial charge in [-0.25, -0.2) is 0 Å². The molecule has 0 aliphatic heterocycles. The quantitative estimate of drug-likeness (QED) is 0.636. The van der Waals surface area contributed by atoms with Gasteiger partial charge in [-0.05, 0) is 6.42 Å². The number of nitrogens with two attached hydrogens (primary N) is 1. The zero-order valence-electron chi connectivity index (χ0n) is 11.1. The molecule has 0 saturated carbocycles. The van der Waals surface area contributed by atoms with Crippen LogP contribution in [0.4, 0.5) is 5.95 Å². The van der Waals surface area contributed by atoms with Crippen LogP contribution in [0.3, 0.4) is 0 Å². The molecule has 1 heterocycles. The summed E-state index contributed by atoms with van der Waals surface area (Å²) in [6.07, 6.45) is 13.8. The molecule has 0 bridgehead atoms. The van der Waals surface area contributed by atoms with Gasteiger partial charge in [0.2, 0.25) is 5.95 Å². The highest BCUT2D eigenvalue weighted by Crippen LogP contribution is 2.10. The van der Waals surface area contributed by atoms with Crippen LogP contribution < -0.4 is 5.73 Å². The molecule has 0 unspecified atom stereocenters. The van der Waals surface area contributed by atoms with E-state index in [2.05, 4.69) is 17.1 Å². The first-order valence-corrected chi connectivity index (χ1v) is 6.98. The van der Waals surface area contributed by atoms with E-state index < -0.39 is 0 Å². The second kappa shape index (κ2) is 9.02. The average Bonchev–Trinajstić information content (AvgIpc) is 2.73. The Bertz CT molecular complexity index is 283. The van der Waals surface area contributed by atoms with Gasteiger partial charge >= 0.3 is 0 Å². The van der Waals surface area contributed by atoms with Crippen LogP contribution in [0.25, 0.3) is 0 Å². The Labute approximate surface area is 105 Å². The normalized spacial score (nSPS) is 10.9. The molecular formula is C13H26N4. The molecule has 0 spiro atoms. The van der Waals surface area contributed by atoms with Crippen LogP contribution >= 0.6 is 0 Å². The van der Waals surface area contributed by atoms with Crippen molar-refractivity contribution < 1.29 is 0 Å². The first-order valence-electron chi connectivity index (χ1n) is 6.98. The third-order valence-electron chi connectivity index (χ3n) is 3.15. The minimum atomic E-state index is 0.532. The van der Waals surface area contributed by atoms with Crippen LogP contribution in [0.2, 0.25) is 0 Å². The molecular weight excluding hydrogens is 212 g/mol. The molecule has 0 saturated heterocycles. The van der Waals surface area contributed by atoms with Gasteiger partial charge < -0.3 is 10.3 Å². The van der Waals surface area contributed by atoms with Crippen LogP contribution in [0.1, 0.15) is 64.7 Å².